The van der Waals surface area contributed by atoms with Crippen molar-refractivity contribution in [3.63, 3.8) is 0 Å². The van der Waals surface area contributed by atoms with Crippen molar-refractivity contribution in [2.45, 2.75) is 32.5 Å². The van der Waals surface area contributed by atoms with Gasteiger partial charge in [0, 0.05) is 23.8 Å². The Kier molecular flexibility index (Phi) is 7.93. The number of hydrogen-bond donors (Lipinski definition) is 2. The van der Waals surface area contributed by atoms with Gasteiger partial charge in [0.05, 0.1) is 7.05 Å². The van der Waals surface area contributed by atoms with Gasteiger partial charge in [-0.3, -0.25) is 9.09 Å². The van der Waals surface area contributed by atoms with Gasteiger partial charge in [-0.1, -0.05) is 4.98 Å². The number of halogens is 2. The predicted molar refractivity (Wildman–Crippen MR) is 88.9 cm³/mol. The Labute approximate surface area is 144 Å². The molecule has 0 saturated heterocycles. The number of hydrogen-bond acceptors (Lipinski definition) is 5. The average Bonchev–Trinajstić information content (AvgIpc) is 2.86. The molecule has 1 rings (SSSR count). The highest BCUT2D eigenvalue weighted by Crippen LogP contribution is 2.40. The van der Waals surface area contributed by atoms with E-state index >= 15 is 0 Å². The summed E-state index contributed by atoms with van der Waals surface area (Å²) in [5.41, 5.74) is 0.414. The van der Waals surface area contributed by atoms with Crippen LogP contribution in [0, 0.1) is 10.1 Å². The van der Waals surface area contributed by atoms with Gasteiger partial charge in [0.2, 0.25) is 0 Å². The van der Waals surface area contributed by atoms with Gasteiger partial charge in [0.15, 0.2) is 0 Å². The standard InChI is InChI=1S/C11H20Cl2N5O4P/c1-8(4-12)15-23(21,16-9(2)5-13)22-7-10-6-14-11(17(10)3)18(19)20/h6,8-9H,4-5,7H2,1-3H3,(H2,15,16,21)/t8-,9-/m0/s1. The van der Waals surface area contributed by atoms with Crippen LogP contribution < -0.4 is 10.2 Å². The second-order valence-electron chi connectivity index (χ2n) is 5.06. The molecule has 12 heteroatoms. The summed E-state index contributed by atoms with van der Waals surface area (Å²) in [7, 11) is -1.96. The van der Waals surface area contributed by atoms with E-state index in [2.05, 4.69) is 15.2 Å². The summed E-state index contributed by atoms with van der Waals surface area (Å²) in [6.07, 6.45) is 1.30. The first-order valence-electron chi connectivity index (χ1n) is 6.79. The molecule has 1 aromatic rings. The highest BCUT2D eigenvalue weighted by Gasteiger charge is 2.28. The normalized spacial score (nSPS) is 14.7. The van der Waals surface area contributed by atoms with Crippen LogP contribution in [0.5, 0.6) is 0 Å². The number of nitrogens with zero attached hydrogens (tertiary/aromatic N) is 3. The lowest BCUT2D eigenvalue weighted by Crippen LogP contribution is -2.36. The highest BCUT2D eigenvalue weighted by molar-refractivity contribution is 7.54. The quantitative estimate of drug-likeness (QED) is 0.274. The van der Waals surface area contributed by atoms with Crippen LogP contribution in [0.15, 0.2) is 6.20 Å². The fourth-order valence-corrected chi connectivity index (χ4v) is 3.91. The van der Waals surface area contributed by atoms with Crippen LogP contribution in [-0.2, 0) is 22.7 Å². The predicted octanol–water partition coefficient (Wildman–Crippen LogP) is 2.39. The molecule has 0 aliphatic rings. The maximum atomic E-state index is 12.9. The van der Waals surface area contributed by atoms with Gasteiger partial charge in [-0.2, -0.15) is 0 Å². The molecule has 1 heterocycles. The number of imidazole rings is 1. The van der Waals surface area contributed by atoms with Crippen LogP contribution in [0.2, 0.25) is 0 Å². The molecule has 0 saturated carbocycles. The maximum absolute atomic E-state index is 12.9. The van der Waals surface area contributed by atoms with Gasteiger partial charge < -0.3 is 10.1 Å². The summed E-state index contributed by atoms with van der Waals surface area (Å²) in [4.78, 5) is 13.9. The SMILES string of the molecule is C[C@@H](CCl)NP(=O)(N[C@@H](C)CCl)OCc1cnc([N+](=O)[O-])n1C. The van der Waals surface area contributed by atoms with E-state index in [1.54, 1.807) is 13.8 Å². The van der Waals surface area contributed by atoms with Crippen molar-refractivity contribution < 1.29 is 14.0 Å². The third-order valence-corrected chi connectivity index (χ3v) is 5.84. The molecule has 0 amide bonds. The topological polar surface area (TPSA) is 111 Å². The third kappa shape index (κ3) is 6.02. The fraction of sp³-hybridized carbons (Fsp3) is 0.727. The zero-order chi connectivity index (χ0) is 17.6. The number of nitro groups is 1. The van der Waals surface area contributed by atoms with E-state index in [4.69, 9.17) is 27.7 Å². The molecule has 0 spiro atoms. The molecular formula is C11H20Cl2N5O4P. The molecule has 23 heavy (non-hydrogen) atoms. The van der Waals surface area contributed by atoms with E-state index < -0.39 is 12.6 Å². The lowest BCUT2D eigenvalue weighted by molar-refractivity contribution is -0.396. The van der Waals surface area contributed by atoms with Crippen LogP contribution in [0.1, 0.15) is 19.5 Å². The molecule has 132 valence electrons. The van der Waals surface area contributed by atoms with Crippen LogP contribution >= 0.6 is 30.9 Å². The number of rotatable bonds is 10. The Morgan fingerprint density at radius 1 is 1.39 bits per heavy atom. The Balaban J connectivity index is 2.85. The first-order valence-corrected chi connectivity index (χ1v) is 9.49. The average molecular weight is 388 g/mol. The molecule has 0 bridgehead atoms. The summed E-state index contributed by atoms with van der Waals surface area (Å²) < 4.78 is 19.6. The number of aromatic nitrogens is 2. The van der Waals surface area contributed by atoms with E-state index in [-0.39, 0.29) is 36.4 Å². The maximum Gasteiger partial charge on any atom is 0.434 e. The molecule has 1 aromatic heterocycles. The molecule has 0 aliphatic carbocycles. The Morgan fingerprint density at radius 2 is 1.91 bits per heavy atom. The van der Waals surface area contributed by atoms with Gasteiger partial charge >= 0.3 is 13.6 Å². The minimum Gasteiger partial charge on any atom is -0.390 e. The van der Waals surface area contributed by atoms with E-state index in [1.165, 1.54) is 17.8 Å². The van der Waals surface area contributed by atoms with Gasteiger partial charge in [-0.15, -0.1) is 23.2 Å². The zero-order valence-corrected chi connectivity index (χ0v) is 15.4. The van der Waals surface area contributed by atoms with Crippen molar-refractivity contribution in [3.05, 3.63) is 22.0 Å². The highest BCUT2D eigenvalue weighted by atomic mass is 35.5. The van der Waals surface area contributed by atoms with E-state index in [0.29, 0.717) is 5.69 Å². The monoisotopic (exact) mass is 387 g/mol. The van der Waals surface area contributed by atoms with Crippen molar-refractivity contribution in [1.82, 2.24) is 19.7 Å². The van der Waals surface area contributed by atoms with Crippen molar-refractivity contribution in [3.8, 4) is 0 Å². The van der Waals surface area contributed by atoms with Crippen molar-refractivity contribution in [1.29, 1.82) is 0 Å². The van der Waals surface area contributed by atoms with Crippen molar-refractivity contribution in [2.75, 3.05) is 11.8 Å². The first kappa shape index (κ1) is 20.3. The van der Waals surface area contributed by atoms with Crippen LogP contribution in [0.3, 0.4) is 0 Å². The van der Waals surface area contributed by atoms with E-state index in [0.717, 1.165) is 0 Å². The molecule has 2 N–H and O–H groups in total. The summed E-state index contributed by atoms with van der Waals surface area (Å²) in [5, 5.41) is 16.4. The summed E-state index contributed by atoms with van der Waals surface area (Å²) in [6.45, 7) is 3.38. The summed E-state index contributed by atoms with van der Waals surface area (Å²) >= 11 is 11.5. The number of nitrogens with one attached hydrogen (secondary N) is 2. The van der Waals surface area contributed by atoms with Crippen LogP contribution in [-0.4, -0.2) is 38.3 Å². The van der Waals surface area contributed by atoms with Crippen molar-refractivity contribution >= 4 is 36.8 Å². The minimum absolute atomic E-state index is 0.126. The molecule has 9 nitrogen and oxygen atoms in total. The summed E-state index contributed by atoms with van der Waals surface area (Å²) in [6, 6.07) is -0.531. The van der Waals surface area contributed by atoms with Crippen molar-refractivity contribution in [2.24, 2.45) is 7.05 Å². The molecule has 0 radical (unpaired) electrons. The molecule has 0 fully saturated rings. The largest absolute Gasteiger partial charge is 0.434 e. The summed E-state index contributed by atoms with van der Waals surface area (Å²) in [5.74, 6) is 0.158. The van der Waals surface area contributed by atoms with Gasteiger partial charge in [0.25, 0.3) is 0 Å². The number of alkyl halides is 2. The molecular weight excluding hydrogens is 368 g/mol. The fourth-order valence-electron chi connectivity index (χ4n) is 1.66. The molecule has 2 atom stereocenters. The molecule has 0 aromatic carbocycles. The van der Waals surface area contributed by atoms with Gasteiger partial charge in [-0.05, 0) is 18.8 Å². The van der Waals surface area contributed by atoms with Crippen LogP contribution in [0.4, 0.5) is 5.95 Å². The lowest BCUT2D eigenvalue weighted by atomic mass is 10.4. The van der Waals surface area contributed by atoms with Gasteiger partial charge in [-0.25, -0.2) is 14.7 Å². The van der Waals surface area contributed by atoms with Crippen LogP contribution in [0.25, 0.3) is 0 Å². The third-order valence-electron chi connectivity index (χ3n) is 2.86. The Hall–Kier alpha value is -0.700. The van der Waals surface area contributed by atoms with E-state index in [9.17, 15) is 14.7 Å². The lowest BCUT2D eigenvalue weighted by Gasteiger charge is -2.25. The second kappa shape index (κ2) is 8.96. The zero-order valence-electron chi connectivity index (χ0n) is 13.0. The smallest absolute Gasteiger partial charge is 0.390 e. The Bertz CT molecular complexity index is 569. The van der Waals surface area contributed by atoms with E-state index in [1.807, 2.05) is 0 Å². The van der Waals surface area contributed by atoms with Gasteiger partial charge in [0.1, 0.15) is 18.5 Å². The molecule has 0 unspecified atom stereocenters. The Morgan fingerprint density at radius 3 is 2.30 bits per heavy atom. The second-order valence-corrected chi connectivity index (χ2v) is 7.55. The first-order chi connectivity index (χ1) is 10.7. The minimum atomic E-state index is -3.44. The molecule has 0 aliphatic heterocycles.